The SMILES string of the molecule is CCc1cccc(C)c1NC(=O)CC(=O)NCCC1=CCCCC1. The number of nitrogens with one attached hydrogen (secondary N) is 2. The molecule has 0 aromatic heterocycles. The number of para-hydroxylation sites is 1. The van der Waals surface area contributed by atoms with Crippen LogP contribution in [-0.4, -0.2) is 18.4 Å². The first-order chi connectivity index (χ1) is 11.6. The van der Waals surface area contributed by atoms with Crippen molar-refractivity contribution in [3.8, 4) is 0 Å². The number of rotatable bonds is 7. The Morgan fingerprint density at radius 2 is 2.00 bits per heavy atom. The molecule has 0 atom stereocenters. The van der Waals surface area contributed by atoms with E-state index in [1.807, 2.05) is 25.1 Å². The molecule has 4 nitrogen and oxygen atoms in total. The topological polar surface area (TPSA) is 58.2 Å². The third-order valence-electron chi connectivity index (χ3n) is 4.48. The van der Waals surface area contributed by atoms with E-state index < -0.39 is 0 Å². The summed E-state index contributed by atoms with van der Waals surface area (Å²) in [4.78, 5) is 24.1. The van der Waals surface area contributed by atoms with Gasteiger partial charge >= 0.3 is 0 Å². The van der Waals surface area contributed by atoms with Crippen LogP contribution in [0, 0.1) is 6.92 Å². The summed E-state index contributed by atoms with van der Waals surface area (Å²) in [5.41, 5.74) is 4.38. The fraction of sp³-hybridized carbons (Fsp3) is 0.500. The van der Waals surface area contributed by atoms with E-state index in [4.69, 9.17) is 0 Å². The second-order valence-corrected chi connectivity index (χ2v) is 6.40. The monoisotopic (exact) mass is 328 g/mol. The van der Waals surface area contributed by atoms with Gasteiger partial charge in [-0.3, -0.25) is 9.59 Å². The Morgan fingerprint density at radius 1 is 1.17 bits per heavy atom. The van der Waals surface area contributed by atoms with Crippen molar-refractivity contribution in [1.82, 2.24) is 5.32 Å². The van der Waals surface area contributed by atoms with Crippen LogP contribution in [0.1, 0.15) is 56.6 Å². The first-order valence-corrected chi connectivity index (χ1v) is 8.93. The number of anilines is 1. The molecule has 2 amide bonds. The molecule has 130 valence electrons. The second-order valence-electron chi connectivity index (χ2n) is 6.40. The summed E-state index contributed by atoms with van der Waals surface area (Å²) in [6, 6.07) is 5.95. The maximum Gasteiger partial charge on any atom is 0.233 e. The number of carbonyl (C=O) groups excluding carboxylic acids is 2. The van der Waals surface area contributed by atoms with Crippen LogP contribution in [0.25, 0.3) is 0 Å². The number of hydrogen-bond donors (Lipinski definition) is 2. The molecule has 1 aliphatic carbocycles. The molecule has 1 aromatic rings. The second kappa shape index (κ2) is 9.26. The quantitative estimate of drug-likeness (QED) is 0.589. The highest BCUT2D eigenvalue weighted by Crippen LogP contribution is 2.21. The van der Waals surface area contributed by atoms with Crippen molar-refractivity contribution < 1.29 is 9.59 Å². The van der Waals surface area contributed by atoms with E-state index in [1.54, 1.807) is 0 Å². The third-order valence-corrected chi connectivity index (χ3v) is 4.48. The fourth-order valence-corrected chi connectivity index (χ4v) is 3.09. The van der Waals surface area contributed by atoms with Crippen molar-refractivity contribution in [2.24, 2.45) is 0 Å². The van der Waals surface area contributed by atoms with E-state index in [0.29, 0.717) is 6.54 Å². The normalized spacial score (nSPS) is 14.0. The molecule has 24 heavy (non-hydrogen) atoms. The zero-order valence-corrected chi connectivity index (χ0v) is 14.8. The van der Waals surface area contributed by atoms with Crippen LogP contribution < -0.4 is 10.6 Å². The lowest BCUT2D eigenvalue weighted by Gasteiger charge is -2.14. The van der Waals surface area contributed by atoms with Gasteiger partial charge in [0, 0.05) is 12.2 Å². The molecule has 4 heteroatoms. The predicted octanol–water partition coefficient (Wildman–Crippen LogP) is 3.89. The molecule has 0 radical (unpaired) electrons. The number of aryl methyl sites for hydroxylation is 2. The Balaban J connectivity index is 1.77. The summed E-state index contributed by atoms with van der Waals surface area (Å²) in [6.45, 7) is 4.63. The van der Waals surface area contributed by atoms with E-state index in [1.165, 1.54) is 18.4 Å². The van der Waals surface area contributed by atoms with Crippen LogP contribution in [-0.2, 0) is 16.0 Å². The molecule has 0 aliphatic heterocycles. The van der Waals surface area contributed by atoms with Gasteiger partial charge in [0.05, 0.1) is 0 Å². The van der Waals surface area contributed by atoms with Gasteiger partial charge in [-0.2, -0.15) is 0 Å². The molecule has 1 aromatic carbocycles. The fourth-order valence-electron chi connectivity index (χ4n) is 3.09. The molecule has 2 rings (SSSR count). The molecule has 0 saturated heterocycles. The summed E-state index contributed by atoms with van der Waals surface area (Å²) < 4.78 is 0. The Bertz CT molecular complexity index is 620. The number of amides is 2. The summed E-state index contributed by atoms with van der Waals surface area (Å²) in [5.74, 6) is -0.469. The molecule has 0 spiro atoms. The average molecular weight is 328 g/mol. The minimum absolute atomic E-state index is 0.128. The lowest BCUT2D eigenvalue weighted by atomic mass is 9.97. The van der Waals surface area contributed by atoms with Gasteiger partial charge in [-0.1, -0.05) is 36.8 Å². The minimum Gasteiger partial charge on any atom is -0.355 e. The van der Waals surface area contributed by atoms with E-state index in [2.05, 4.69) is 23.6 Å². The lowest BCUT2D eigenvalue weighted by molar-refractivity contribution is -0.126. The molecular formula is C20H28N2O2. The molecular weight excluding hydrogens is 300 g/mol. The standard InChI is InChI=1S/C20H28N2O2/c1-3-17-11-7-8-15(2)20(17)22-19(24)14-18(23)21-13-12-16-9-5-4-6-10-16/h7-9,11H,3-6,10,12-14H2,1-2H3,(H,21,23)(H,22,24). The molecule has 0 saturated carbocycles. The minimum atomic E-state index is -0.256. The van der Waals surface area contributed by atoms with Gasteiger partial charge in [0.15, 0.2) is 0 Å². The smallest absolute Gasteiger partial charge is 0.233 e. The van der Waals surface area contributed by atoms with Crippen LogP contribution in [0.5, 0.6) is 0 Å². The maximum absolute atomic E-state index is 12.1. The molecule has 1 aliphatic rings. The summed E-state index contributed by atoms with van der Waals surface area (Å²) in [6.07, 6.45) is 8.71. The first kappa shape index (κ1) is 18.2. The van der Waals surface area contributed by atoms with Gasteiger partial charge in [0.1, 0.15) is 6.42 Å². The third kappa shape index (κ3) is 5.52. The van der Waals surface area contributed by atoms with Gasteiger partial charge in [-0.05, 0) is 56.6 Å². The van der Waals surface area contributed by atoms with Crippen molar-refractivity contribution in [3.63, 3.8) is 0 Å². The Hall–Kier alpha value is -2.10. The number of carbonyl (C=O) groups is 2. The zero-order chi connectivity index (χ0) is 17.4. The number of benzene rings is 1. The average Bonchev–Trinajstić information content (AvgIpc) is 2.57. The van der Waals surface area contributed by atoms with Gasteiger partial charge in [-0.25, -0.2) is 0 Å². The van der Waals surface area contributed by atoms with Crippen molar-refractivity contribution in [1.29, 1.82) is 0 Å². The van der Waals surface area contributed by atoms with Crippen molar-refractivity contribution in [3.05, 3.63) is 41.0 Å². The van der Waals surface area contributed by atoms with Gasteiger partial charge in [-0.15, -0.1) is 0 Å². The predicted molar refractivity (Wildman–Crippen MR) is 98.0 cm³/mol. The summed E-state index contributed by atoms with van der Waals surface area (Å²) in [5, 5.41) is 5.74. The Morgan fingerprint density at radius 3 is 2.71 bits per heavy atom. The summed E-state index contributed by atoms with van der Waals surface area (Å²) in [7, 11) is 0. The van der Waals surface area contributed by atoms with Crippen molar-refractivity contribution in [2.45, 2.75) is 58.8 Å². The molecule has 0 unspecified atom stereocenters. The van der Waals surface area contributed by atoms with Gasteiger partial charge in [0.2, 0.25) is 11.8 Å². The largest absolute Gasteiger partial charge is 0.355 e. The number of hydrogen-bond acceptors (Lipinski definition) is 2. The molecule has 2 N–H and O–H groups in total. The van der Waals surface area contributed by atoms with Crippen LogP contribution in [0.2, 0.25) is 0 Å². The van der Waals surface area contributed by atoms with E-state index in [-0.39, 0.29) is 18.2 Å². The lowest BCUT2D eigenvalue weighted by Crippen LogP contribution is -2.29. The summed E-state index contributed by atoms with van der Waals surface area (Å²) >= 11 is 0. The van der Waals surface area contributed by atoms with E-state index >= 15 is 0 Å². The van der Waals surface area contributed by atoms with Crippen molar-refractivity contribution in [2.75, 3.05) is 11.9 Å². The molecule has 0 bridgehead atoms. The van der Waals surface area contributed by atoms with Crippen LogP contribution in [0.15, 0.2) is 29.8 Å². The highest BCUT2D eigenvalue weighted by Gasteiger charge is 2.13. The van der Waals surface area contributed by atoms with Crippen LogP contribution in [0.4, 0.5) is 5.69 Å². The molecule has 0 fully saturated rings. The highest BCUT2D eigenvalue weighted by atomic mass is 16.2. The highest BCUT2D eigenvalue weighted by molar-refractivity contribution is 6.04. The Labute approximate surface area is 144 Å². The van der Waals surface area contributed by atoms with Gasteiger partial charge < -0.3 is 10.6 Å². The molecule has 0 heterocycles. The van der Waals surface area contributed by atoms with Crippen LogP contribution >= 0.6 is 0 Å². The van der Waals surface area contributed by atoms with E-state index in [9.17, 15) is 9.59 Å². The number of allylic oxidation sites excluding steroid dienone is 1. The van der Waals surface area contributed by atoms with Crippen LogP contribution in [0.3, 0.4) is 0 Å². The van der Waals surface area contributed by atoms with Crippen molar-refractivity contribution >= 4 is 17.5 Å². The zero-order valence-electron chi connectivity index (χ0n) is 14.8. The first-order valence-electron chi connectivity index (χ1n) is 8.93. The van der Waals surface area contributed by atoms with E-state index in [0.717, 1.165) is 42.5 Å². The Kier molecular flexibility index (Phi) is 7.04. The van der Waals surface area contributed by atoms with Gasteiger partial charge in [0.25, 0.3) is 0 Å². The maximum atomic E-state index is 12.1.